The summed E-state index contributed by atoms with van der Waals surface area (Å²) in [4.78, 5) is 73.1. The van der Waals surface area contributed by atoms with Crippen molar-refractivity contribution in [3.63, 3.8) is 0 Å². The van der Waals surface area contributed by atoms with Crippen LogP contribution in [0.1, 0.15) is 446 Å². The molecular formula is C83H162O17P2. The third-order valence-electron chi connectivity index (χ3n) is 19.9. The summed E-state index contributed by atoms with van der Waals surface area (Å²) in [5.74, 6) is -1.29. The van der Waals surface area contributed by atoms with Crippen LogP contribution in [0.3, 0.4) is 0 Å². The fourth-order valence-electron chi connectivity index (χ4n) is 12.9. The number of rotatable bonds is 83. The third kappa shape index (κ3) is 74.9. The first-order valence-electron chi connectivity index (χ1n) is 43.2. The molecule has 0 heterocycles. The Morgan fingerprint density at radius 2 is 0.471 bits per heavy atom. The number of esters is 4. The van der Waals surface area contributed by atoms with Crippen LogP contribution in [0.5, 0.6) is 0 Å². The van der Waals surface area contributed by atoms with Gasteiger partial charge in [0.25, 0.3) is 0 Å². The van der Waals surface area contributed by atoms with E-state index in [-0.39, 0.29) is 25.7 Å². The van der Waals surface area contributed by atoms with Gasteiger partial charge in [-0.05, 0) is 31.6 Å². The zero-order valence-electron chi connectivity index (χ0n) is 66.8. The molecule has 0 aromatic carbocycles. The van der Waals surface area contributed by atoms with Crippen molar-refractivity contribution in [3.8, 4) is 0 Å². The number of aliphatic hydroxyl groups excluding tert-OH is 1. The number of phosphoric ester groups is 2. The molecule has 0 aliphatic rings. The molecule has 0 aliphatic heterocycles. The SMILES string of the molecule is CCCCCCCCCCCCCCCCCCCCCCCCC(=O)O[C@H](COC(=O)CCCCCCCCCCCCC(C)CC)COP(=O)(O)OC[C@@H](O)COP(=O)(O)OC[C@@H](COC(=O)CCCCCCCCCCCCCCC)OC(=O)CCCCCCCCCCCCCCC. The molecule has 0 saturated carbocycles. The van der Waals surface area contributed by atoms with Gasteiger partial charge in [-0.25, -0.2) is 9.13 Å². The number of phosphoric acid groups is 2. The Morgan fingerprint density at radius 1 is 0.275 bits per heavy atom. The van der Waals surface area contributed by atoms with E-state index < -0.39 is 97.5 Å². The predicted octanol–water partition coefficient (Wildman–Crippen LogP) is 25.2. The summed E-state index contributed by atoms with van der Waals surface area (Å²) in [5.41, 5.74) is 0. The lowest BCUT2D eigenvalue weighted by Crippen LogP contribution is -2.30. The quantitative estimate of drug-likeness (QED) is 0.0222. The van der Waals surface area contributed by atoms with Crippen molar-refractivity contribution in [2.45, 2.75) is 464 Å². The van der Waals surface area contributed by atoms with Crippen LogP contribution in [0.15, 0.2) is 0 Å². The van der Waals surface area contributed by atoms with Crippen LogP contribution in [0.4, 0.5) is 0 Å². The van der Waals surface area contributed by atoms with Crippen LogP contribution in [-0.4, -0.2) is 96.7 Å². The molecule has 0 fully saturated rings. The predicted molar refractivity (Wildman–Crippen MR) is 418 cm³/mol. The lowest BCUT2D eigenvalue weighted by atomic mass is 9.99. The molecule has 0 rings (SSSR count). The standard InChI is InChI=1S/C83H162O17P2/c1-6-10-13-16-19-22-25-28-29-30-31-32-33-34-35-36-39-42-49-54-59-64-69-83(88)100-79(73-94-81(86)67-62-57-52-47-44-43-45-50-55-60-65-76(5)9-4)75-98-102(91,92)96-71-77(84)70-95-101(89,90)97-74-78(99-82(87)68-63-58-53-48-41-38-27-24-21-18-15-12-8-3)72-93-80(85)66-61-56-51-46-40-37-26-23-20-17-14-11-7-2/h76-79,84H,6-75H2,1-5H3,(H,89,90)(H,91,92)/t76?,77-,78+,79+/m0/s1. The Bertz CT molecular complexity index is 1950. The molecule has 3 N–H and O–H groups in total. The van der Waals surface area contributed by atoms with E-state index in [2.05, 4.69) is 34.6 Å². The molecule has 0 amide bonds. The number of unbranched alkanes of at least 4 members (excludes halogenated alkanes) is 54. The summed E-state index contributed by atoms with van der Waals surface area (Å²) in [6, 6.07) is 0. The monoisotopic (exact) mass is 1490 g/mol. The minimum atomic E-state index is -4.96. The first-order chi connectivity index (χ1) is 49.6. The second kappa shape index (κ2) is 75.9. The zero-order valence-corrected chi connectivity index (χ0v) is 68.5. The van der Waals surface area contributed by atoms with Crippen LogP contribution in [0, 0.1) is 5.92 Å². The van der Waals surface area contributed by atoms with Crippen molar-refractivity contribution in [2.75, 3.05) is 39.6 Å². The van der Waals surface area contributed by atoms with Crippen LogP contribution in [0.25, 0.3) is 0 Å². The van der Waals surface area contributed by atoms with Gasteiger partial charge in [0.15, 0.2) is 12.2 Å². The molecule has 3 unspecified atom stereocenters. The van der Waals surface area contributed by atoms with Crippen molar-refractivity contribution in [1.29, 1.82) is 0 Å². The van der Waals surface area contributed by atoms with Gasteiger partial charge in [0.1, 0.15) is 19.3 Å². The molecule has 0 spiro atoms. The van der Waals surface area contributed by atoms with Gasteiger partial charge in [0.2, 0.25) is 0 Å². The highest BCUT2D eigenvalue weighted by molar-refractivity contribution is 7.47. The number of hydrogen-bond acceptors (Lipinski definition) is 15. The first-order valence-corrected chi connectivity index (χ1v) is 46.2. The fraction of sp³-hybridized carbons (Fsp3) is 0.952. The van der Waals surface area contributed by atoms with Crippen LogP contribution in [-0.2, 0) is 65.4 Å². The normalized spacial score (nSPS) is 14.1. The second-order valence-corrected chi connectivity index (χ2v) is 33.0. The molecule has 0 aromatic heterocycles. The van der Waals surface area contributed by atoms with Crippen molar-refractivity contribution in [1.82, 2.24) is 0 Å². The Balaban J connectivity index is 5.22. The Morgan fingerprint density at radius 3 is 0.696 bits per heavy atom. The maximum atomic E-state index is 13.1. The van der Waals surface area contributed by atoms with E-state index in [1.807, 2.05) is 0 Å². The van der Waals surface area contributed by atoms with Crippen molar-refractivity contribution >= 4 is 39.5 Å². The van der Waals surface area contributed by atoms with E-state index in [9.17, 15) is 43.2 Å². The Hall–Kier alpha value is -1.94. The van der Waals surface area contributed by atoms with Gasteiger partial charge in [0.05, 0.1) is 26.4 Å². The summed E-state index contributed by atoms with van der Waals surface area (Å²) in [6.07, 6.45) is 67.9. The van der Waals surface area contributed by atoms with Gasteiger partial charge in [0, 0.05) is 25.7 Å². The van der Waals surface area contributed by atoms with E-state index >= 15 is 0 Å². The molecule has 0 bridgehead atoms. The highest BCUT2D eigenvalue weighted by atomic mass is 31.2. The molecule has 606 valence electrons. The Kier molecular flexibility index (Phi) is 74.4. The molecular weight excluding hydrogens is 1330 g/mol. The summed E-state index contributed by atoms with van der Waals surface area (Å²) < 4.78 is 68.8. The zero-order chi connectivity index (χ0) is 74.8. The van der Waals surface area contributed by atoms with Crippen molar-refractivity contribution < 1.29 is 80.2 Å². The van der Waals surface area contributed by atoms with Crippen LogP contribution >= 0.6 is 15.6 Å². The van der Waals surface area contributed by atoms with Gasteiger partial charge >= 0.3 is 39.5 Å². The average Bonchev–Trinajstić information content (AvgIpc) is 0.934. The average molecular weight is 1490 g/mol. The molecule has 102 heavy (non-hydrogen) atoms. The van der Waals surface area contributed by atoms with Gasteiger partial charge < -0.3 is 33.8 Å². The lowest BCUT2D eigenvalue weighted by molar-refractivity contribution is -0.161. The number of carbonyl (C=O) groups excluding carboxylic acids is 4. The van der Waals surface area contributed by atoms with Gasteiger partial charge in [-0.15, -0.1) is 0 Å². The molecule has 0 aromatic rings. The molecule has 17 nitrogen and oxygen atoms in total. The summed E-state index contributed by atoms with van der Waals surface area (Å²) in [5, 5.41) is 10.7. The van der Waals surface area contributed by atoms with Crippen molar-refractivity contribution in [3.05, 3.63) is 0 Å². The summed E-state index contributed by atoms with van der Waals surface area (Å²) in [7, 11) is -9.92. The smallest absolute Gasteiger partial charge is 0.462 e. The number of ether oxygens (including phenoxy) is 4. The third-order valence-corrected chi connectivity index (χ3v) is 21.8. The lowest BCUT2D eigenvalue weighted by Gasteiger charge is -2.21. The van der Waals surface area contributed by atoms with Gasteiger partial charge in [-0.2, -0.15) is 0 Å². The minimum Gasteiger partial charge on any atom is -0.462 e. The number of hydrogen-bond donors (Lipinski definition) is 3. The van der Waals surface area contributed by atoms with Crippen molar-refractivity contribution in [2.24, 2.45) is 5.92 Å². The number of aliphatic hydroxyl groups is 1. The van der Waals surface area contributed by atoms with E-state index in [1.54, 1.807) is 0 Å². The highest BCUT2D eigenvalue weighted by Gasteiger charge is 2.30. The second-order valence-electron chi connectivity index (χ2n) is 30.1. The summed E-state index contributed by atoms with van der Waals surface area (Å²) in [6.45, 7) is 7.37. The molecule has 0 saturated heterocycles. The van der Waals surface area contributed by atoms with Gasteiger partial charge in [-0.3, -0.25) is 37.3 Å². The van der Waals surface area contributed by atoms with Gasteiger partial charge in [-0.1, -0.05) is 394 Å². The first kappa shape index (κ1) is 100. The van der Waals surface area contributed by atoms with E-state index in [1.165, 1.54) is 270 Å². The van der Waals surface area contributed by atoms with E-state index in [4.69, 9.17) is 37.0 Å². The fourth-order valence-corrected chi connectivity index (χ4v) is 14.5. The minimum absolute atomic E-state index is 0.108. The molecule has 6 atom stereocenters. The maximum Gasteiger partial charge on any atom is 0.472 e. The molecule has 0 aliphatic carbocycles. The van der Waals surface area contributed by atoms with Crippen LogP contribution in [0.2, 0.25) is 0 Å². The molecule has 19 heteroatoms. The highest BCUT2D eigenvalue weighted by Crippen LogP contribution is 2.45. The van der Waals surface area contributed by atoms with E-state index in [0.29, 0.717) is 25.7 Å². The largest absolute Gasteiger partial charge is 0.472 e. The topological polar surface area (TPSA) is 237 Å². The maximum absolute atomic E-state index is 13.1. The Labute approximate surface area is 626 Å². The van der Waals surface area contributed by atoms with Crippen LogP contribution < -0.4 is 0 Å². The molecule has 0 radical (unpaired) electrons. The summed E-state index contributed by atoms with van der Waals surface area (Å²) >= 11 is 0. The van der Waals surface area contributed by atoms with E-state index in [0.717, 1.165) is 95.8 Å². The number of carbonyl (C=O) groups is 4.